The van der Waals surface area contributed by atoms with Gasteiger partial charge in [0.05, 0.1) is 18.6 Å². The first-order chi connectivity index (χ1) is 10.0. The van der Waals surface area contributed by atoms with Crippen molar-refractivity contribution in [2.75, 3.05) is 7.11 Å². The van der Waals surface area contributed by atoms with Crippen LogP contribution in [-0.4, -0.2) is 13.2 Å². The molecule has 2 aromatic carbocycles. The van der Waals surface area contributed by atoms with Gasteiger partial charge in [-0.25, -0.2) is 4.39 Å². The molecule has 0 saturated heterocycles. The minimum Gasteiger partial charge on any atom is -0.494 e. The van der Waals surface area contributed by atoms with Gasteiger partial charge in [-0.15, -0.1) is 11.6 Å². The number of hydrogen-bond acceptors (Lipinski definition) is 2. The molecule has 21 heavy (non-hydrogen) atoms. The fraction of sp³-hybridized carbons (Fsp3) is 0.294. The maximum absolute atomic E-state index is 13.8. The highest BCUT2D eigenvalue weighted by atomic mass is 35.5. The van der Waals surface area contributed by atoms with E-state index in [2.05, 4.69) is 0 Å². The van der Waals surface area contributed by atoms with Crippen molar-refractivity contribution in [3.63, 3.8) is 0 Å². The lowest BCUT2D eigenvalue weighted by molar-refractivity contribution is 0.242. The van der Waals surface area contributed by atoms with E-state index in [9.17, 15) is 4.39 Å². The van der Waals surface area contributed by atoms with Gasteiger partial charge >= 0.3 is 0 Å². The molecule has 0 fully saturated rings. The molecule has 0 aliphatic heterocycles. The summed E-state index contributed by atoms with van der Waals surface area (Å²) >= 11 is 6.44. The predicted molar refractivity (Wildman–Crippen MR) is 82.9 cm³/mol. The van der Waals surface area contributed by atoms with Crippen molar-refractivity contribution in [2.45, 2.75) is 25.3 Å². The Kier molecular flexibility index (Phi) is 5.07. The van der Waals surface area contributed by atoms with Crippen molar-refractivity contribution >= 4 is 11.6 Å². The summed E-state index contributed by atoms with van der Waals surface area (Å²) in [5.74, 6) is 0.539. The fourth-order valence-electron chi connectivity index (χ4n) is 2.05. The van der Waals surface area contributed by atoms with Gasteiger partial charge in [0.1, 0.15) is 5.75 Å². The van der Waals surface area contributed by atoms with E-state index in [0.717, 1.165) is 11.3 Å². The zero-order valence-corrected chi connectivity index (χ0v) is 13.0. The van der Waals surface area contributed by atoms with Crippen LogP contribution in [0.5, 0.6) is 11.5 Å². The van der Waals surface area contributed by atoms with E-state index in [1.807, 2.05) is 38.1 Å². The molecule has 0 radical (unpaired) electrons. The van der Waals surface area contributed by atoms with Gasteiger partial charge in [0.25, 0.3) is 0 Å². The smallest absolute Gasteiger partial charge is 0.165 e. The van der Waals surface area contributed by atoms with Crippen LogP contribution in [0.4, 0.5) is 4.39 Å². The maximum Gasteiger partial charge on any atom is 0.165 e. The number of hydrogen-bond donors (Lipinski definition) is 0. The standard InChI is InChI=1S/C17H18ClFO2/c1-11(2)21-14-6-4-5-12(9-14)17(18)13-7-8-16(20-3)15(19)10-13/h4-11,17H,1-3H3. The quantitative estimate of drug-likeness (QED) is 0.728. The van der Waals surface area contributed by atoms with Crippen LogP contribution >= 0.6 is 11.6 Å². The second-order valence-corrected chi connectivity index (χ2v) is 5.43. The van der Waals surface area contributed by atoms with Crippen LogP contribution < -0.4 is 9.47 Å². The van der Waals surface area contributed by atoms with E-state index in [-0.39, 0.29) is 11.9 Å². The second kappa shape index (κ2) is 6.81. The molecule has 0 aliphatic rings. The van der Waals surface area contributed by atoms with E-state index in [0.29, 0.717) is 5.56 Å². The first kappa shape index (κ1) is 15.6. The lowest BCUT2D eigenvalue weighted by Crippen LogP contribution is -2.06. The fourth-order valence-corrected chi connectivity index (χ4v) is 2.32. The summed E-state index contributed by atoms with van der Waals surface area (Å²) in [6.07, 6.45) is 0.0902. The van der Waals surface area contributed by atoms with Gasteiger partial charge in [0.2, 0.25) is 0 Å². The van der Waals surface area contributed by atoms with E-state index < -0.39 is 11.2 Å². The first-order valence-corrected chi connectivity index (χ1v) is 7.19. The van der Waals surface area contributed by atoms with Crippen LogP contribution in [0.1, 0.15) is 30.4 Å². The monoisotopic (exact) mass is 308 g/mol. The van der Waals surface area contributed by atoms with Gasteiger partial charge < -0.3 is 9.47 Å². The van der Waals surface area contributed by atoms with Crippen molar-refractivity contribution in [3.8, 4) is 11.5 Å². The minimum atomic E-state index is -0.443. The van der Waals surface area contributed by atoms with Gasteiger partial charge in [-0.2, -0.15) is 0 Å². The molecule has 0 aliphatic carbocycles. The zero-order chi connectivity index (χ0) is 15.4. The molecule has 2 rings (SSSR count). The van der Waals surface area contributed by atoms with Gasteiger partial charge in [0, 0.05) is 0 Å². The van der Waals surface area contributed by atoms with Gasteiger partial charge in [-0.3, -0.25) is 0 Å². The number of ether oxygens (including phenoxy) is 2. The summed E-state index contributed by atoms with van der Waals surface area (Å²) in [6.45, 7) is 3.92. The molecular formula is C17H18ClFO2. The molecule has 0 bridgehead atoms. The molecule has 0 heterocycles. The Morgan fingerprint density at radius 2 is 1.76 bits per heavy atom. The Morgan fingerprint density at radius 1 is 1.05 bits per heavy atom. The van der Waals surface area contributed by atoms with Crippen LogP contribution in [-0.2, 0) is 0 Å². The van der Waals surface area contributed by atoms with Crippen LogP contribution in [0.15, 0.2) is 42.5 Å². The molecule has 112 valence electrons. The second-order valence-electron chi connectivity index (χ2n) is 5.00. The van der Waals surface area contributed by atoms with Gasteiger partial charge in [0.15, 0.2) is 11.6 Å². The molecule has 1 unspecified atom stereocenters. The highest BCUT2D eigenvalue weighted by Gasteiger charge is 2.14. The highest BCUT2D eigenvalue weighted by molar-refractivity contribution is 6.22. The van der Waals surface area contributed by atoms with Gasteiger partial charge in [-0.1, -0.05) is 18.2 Å². The largest absolute Gasteiger partial charge is 0.494 e. The Hall–Kier alpha value is -1.74. The van der Waals surface area contributed by atoms with E-state index >= 15 is 0 Å². The third-order valence-electron chi connectivity index (χ3n) is 2.99. The Bertz CT molecular complexity index is 613. The number of rotatable bonds is 5. The van der Waals surface area contributed by atoms with Crippen molar-refractivity contribution in [3.05, 3.63) is 59.4 Å². The number of benzene rings is 2. The third kappa shape index (κ3) is 3.88. The molecular weight excluding hydrogens is 291 g/mol. The van der Waals surface area contributed by atoms with E-state index in [1.54, 1.807) is 12.1 Å². The molecule has 0 amide bonds. The molecule has 1 atom stereocenters. The van der Waals surface area contributed by atoms with Crippen molar-refractivity contribution < 1.29 is 13.9 Å². The Labute approximate surface area is 129 Å². The molecule has 4 heteroatoms. The topological polar surface area (TPSA) is 18.5 Å². The predicted octanol–water partition coefficient (Wildman–Crippen LogP) is 4.95. The lowest BCUT2D eigenvalue weighted by atomic mass is 10.0. The average molecular weight is 309 g/mol. The Morgan fingerprint density at radius 3 is 2.38 bits per heavy atom. The van der Waals surface area contributed by atoms with E-state index in [1.165, 1.54) is 13.2 Å². The summed E-state index contributed by atoms with van der Waals surface area (Å²) in [7, 11) is 1.43. The van der Waals surface area contributed by atoms with Crippen LogP contribution in [0.3, 0.4) is 0 Å². The summed E-state index contributed by atoms with van der Waals surface area (Å²) in [5, 5.41) is -0.443. The zero-order valence-electron chi connectivity index (χ0n) is 12.3. The summed E-state index contributed by atoms with van der Waals surface area (Å²) in [5.41, 5.74) is 1.54. The Balaban J connectivity index is 2.27. The molecule has 0 aromatic heterocycles. The van der Waals surface area contributed by atoms with Crippen molar-refractivity contribution in [1.29, 1.82) is 0 Å². The average Bonchev–Trinajstić information content (AvgIpc) is 2.46. The van der Waals surface area contributed by atoms with Crippen LogP contribution in [0.2, 0.25) is 0 Å². The summed E-state index contributed by atoms with van der Waals surface area (Å²) in [4.78, 5) is 0. The van der Waals surface area contributed by atoms with Gasteiger partial charge in [-0.05, 0) is 49.2 Å². The number of methoxy groups -OCH3 is 1. The third-order valence-corrected chi connectivity index (χ3v) is 3.49. The van der Waals surface area contributed by atoms with Crippen molar-refractivity contribution in [1.82, 2.24) is 0 Å². The van der Waals surface area contributed by atoms with Crippen molar-refractivity contribution in [2.24, 2.45) is 0 Å². The first-order valence-electron chi connectivity index (χ1n) is 6.75. The minimum absolute atomic E-state index is 0.0902. The van der Waals surface area contributed by atoms with Crippen LogP contribution in [0, 0.1) is 5.82 Å². The van der Waals surface area contributed by atoms with E-state index in [4.69, 9.17) is 21.1 Å². The van der Waals surface area contributed by atoms with Crippen LogP contribution in [0.25, 0.3) is 0 Å². The molecule has 2 aromatic rings. The maximum atomic E-state index is 13.8. The molecule has 0 N–H and O–H groups in total. The molecule has 2 nitrogen and oxygen atoms in total. The number of halogens is 2. The summed E-state index contributed by atoms with van der Waals surface area (Å²) in [6, 6.07) is 12.3. The normalized spacial score (nSPS) is 12.3. The number of alkyl halides is 1. The highest BCUT2D eigenvalue weighted by Crippen LogP contribution is 2.33. The summed E-state index contributed by atoms with van der Waals surface area (Å²) < 4.78 is 24.3. The lowest BCUT2D eigenvalue weighted by Gasteiger charge is -2.14. The molecule has 0 spiro atoms. The molecule has 0 saturated carbocycles. The SMILES string of the molecule is COc1ccc(C(Cl)c2cccc(OC(C)C)c2)cc1F.